The zero-order valence-corrected chi connectivity index (χ0v) is 10.9. The normalized spacial score (nSPS) is 12.5. The Morgan fingerprint density at radius 1 is 1.00 bits per heavy atom. The molecule has 1 heterocycles. The quantitative estimate of drug-likeness (QED) is 0.563. The molecular formula is C16H17N. The maximum Gasteiger partial charge on any atom is 0.0743 e. The smallest absolute Gasteiger partial charge is 0.0743 e. The van der Waals surface area contributed by atoms with Gasteiger partial charge in [-0.05, 0) is 61.1 Å². The molecule has 0 saturated carbocycles. The number of aryl methyl sites for hydroxylation is 3. The van der Waals surface area contributed by atoms with Crippen LogP contribution in [-0.2, 0) is 6.42 Å². The number of fused-ring (bicyclic) bond motifs is 3. The van der Waals surface area contributed by atoms with E-state index in [1.165, 1.54) is 44.6 Å². The summed E-state index contributed by atoms with van der Waals surface area (Å²) in [5.74, 6) is 0. The minimum Gasteiger partial charge on any atom is -0.256 e. The highest BCUT2D eigenvalue weighted by Gasteiger charge is 2.23. The van der Waals surface area contributed by atoms with E-state index in [-0.39, 0.29) is 0 Å². The van der Waals surface area contributed by atoms with E-state index in [9.17, 15) is 0 Å². The third-order valence-corrected chi connectivity index (χ3v) is 3.88. The van der Waals surface area contributed by atoms with Crippen LogP contribution in [0.2, 0.25) is 0 Å². The van der Waals surface area contributed by atoms with Gasteiger partial charge in [-0.2, -0.15) is 0 Å². The molecule has 0 radical (unpaired) electrons. The molecule has 1 heteroatoms. The van der Waals surface area contributed by atoms with E-state index in [0.717, 1.165) is 6.42 Å². The first kappa shape index (κ1) is 10.5. The lowest BCUT2D eigenvalue weighted by Gasteiger charge is -2.10. The summed E-state index contributed by atoms with van der Waals surface area (Å²) in [6.45, 7) is 8.74. The molecule has 1 nitrogen and oxygen atoms in total. The monoisotopic (exact) mass is 223 g/mol. The summed E-state index contributed by atoms with van der Waals surface area (Å²) in [6.07, 6.45) is 3.02. The second-order valence-electron chi connectivity index (χ2n) is 5.19. The second-order valence-corrected chi connectivity index (χ2v) is 5.19. The van der Waals surface area contributed by atoms with Crippen LogP contribution in [0.15, 0.2) is 18.3 Å². The minimum absolute atomic E-state index is 1.05. The third kappa shape index (κ3) is 1.42. The molecule has 86 valence electrons. The number of pyridine rings is 1. The predicted octanol–water partition coefficient (Wildman–Crippen LogP) is 3.89. The Balaban J connectivity index is 2.34. The molecule has 0 unspecified atom stereocenters. The van der Waals surface area contributed by atoms with Gasteiger partial charge in [0.1, 0.15) is 0 Å². The molecule has 3 rings (SSSR count). The Bertz CT molecular complexity index is 624. The van der Waals surface area contributed by atoms with Gasteiger partial charge in [-0.25, -0.2) is 0 Å². The first-order valence-electron chi connectivity index (χ1n) is 6.13. The number of hydrogen-bond donors (Lipinski definition) is 0. The van der Waals surface area contributed by atoms with Gasteiger partial charge in [0.15, 0.2) is 0 Å². The molecule has 17 heavy (non-hydrogen) atoms. The maximum atomic E-state index is 4.63. The molecule has 0 fully saturated rings. The third-order valence-electron chi connectivity index (χ3n) is 3.88. The molecular weight excluding hydrogens is 206 g/mol. The Kier molecular flexibility index (Phi) is 2.12. The van der Waals surface area contributed by atoms with Crippen LogP contribution in [0.25, 0.3) is 11.3 Å². The molecule has 1 aromatic carbocycles. The van der Waals surface area contributed by atoms with E-state index in [1.807, 2.05) is 6.20 Å². The molecule has 0 spiro atoms. The highest BCUT2D eigenvalue weighted by Crippen LogP contribution is 2.40. The largest absolute Gasteiger partial charge is 0.256 e. The van der Waals surface area contributed by atoms with E-state index >= 15 is 0 Å². The molecule has 1 aromatic heterocycles. The number of benzene rings is 1. The number of hydrogen-bond acceptors (Lipinski definition) is 1. The predicted molar refractivity (Wildman–Crippen MR) is 71.4 cm³/mol. The first-order chi connectivity index (χ1) is 8.08. The van der Waals surface area contributed by atoms with E-state index in [4.69, 9.17) is 0 Å². The van der Waals surface area contributed by atoms with Crippen LogP contribution in [0, 0.1) is 27.7 Å². The van der Waals surface area contributed by atoms with Crippen LogP contribution in [0.5, 0.6) is 0 Å². The zero-order valence-electron chi connectivity index (χ0n) is 10.9. The van der Waals surface area contributed by atoms with Crippen LogP contribution in [-0.4, -0.2) is 4.98 Å². The van der Waals surface area contributed by atoms with E-state index < -0.39 is 0 Å². The van der Waals surface area contributed by atoms with Crippen molar-refractivity contribution in [3.05, 3.63) is 51.7 Å². The van der Waals surface area contributed by atoms with Crippen LogP contribution < -0.4 is 0 Å². The number of nitrogens with zero attached hydrogens (tertiary/aromatic N) is 1. The SMILES string of the molecule is Cc1cnc2c(c1)Cc1c(C)c(C)cc(C)c1-2. The van der Waals surface area contributed by atoms with Gasteiger partial charge >= 0.3 is 0 Å². The summed E-state index contributed by atoms with van der Waals surface area (Å²) in [4.78, 5) is 4.63. The lowest BCUT2D eigenvalue weighted by atomic mass is 9.95. The standard InChI is InChI=1S/C16H17N/c1-9-5-13-7-14-12(4)10(2)6-11(3)15(14)16(13)17-8-9/h5-6,8H,7H2,1-4H3. The molecule has 0 amide bonds. The van der Waals surface area contributed by atoms with E-state index in [0.29, 0.717) is 0 Å². The minimum atomic E-state index is 1.05. The Morgan fingerprint density at radius 2 is 1.76 bits per heavy atom. The molecule has 2 aromatic rings. The fraction of sp³-hybridized carbons (Fsp3) is 0.312. The van der Waals surface area contributed by atoms with Crippen LogP contribution >= 0.6 is 0 Å². The second kappa shape index (κ2) is 3.43. The lowest BCUT2D eigenvalue weighted by Crippen LogP contribution is -1.93. The average molecular weight is 223 g/mol. The number of rotatable bonds is 0. The highest BCUT2D eigenvalue weighted by molar-refractivity contribution is 5.78. The van der Waals surface area contributed by atoms with Crippen molar-refractivity contribution < 1.29 is 0 Å². The van der Waals surface area contributed by atoms with Gasteiger partial charge in [0, 0.05) is 18.2 Å². The summed E-state index contributed by atoms with van der Waals surface area (Å²) >= 11 is 0. The highest BCUT2D eigenvalue weighted by atomic mass is 14.7. The molecule has 0 saturated heterocycles. The average Bonchev–Trinajstić information content (AvgIpc) is 2.64. The summed E-state index contributed by atoms with van der Waals surface area (Å²) in [6, 6.07) is 4.56. The topological polar surface area (TPSA) is 12.9 Å². The summed E-state index contributed by atoms with van der Waals surface area (Å²) < 4.78 is 0. The van der Waals surface area contributed by atoms with Crippen LogP contribution in [0.3, 0.4) is 0 Å². The number of aromatic nitrogens is 1. The summed E-state index contributed by atoms with van der Waals surface area (Å²) in [7, 11) is 0. The van der Waals surface area contributed by atoms with Gasteiger partial charge in [0.25, 0.3) is 0 Å². The van der Waals surface area contributed by atoms with Gasteiger partial charge in [0.2, 0.25) is 0 Å². The van der Waals surface area contributed by atoms with Crippen molar-refractivity contribution in [2.24, 2.45) is 0 Å². The first-order valence-corrected chi connectivity index (χ1v) is 6.13. The van der Waals surface area contributed by atoms with E-state index in [1.54, 1.807) is 0 Å². The molecule has 0 N–H and O–H groups in total. The fourth-order valence-corrected chi connectivity index (χ4v) is 2.90. The van der Waals surface area contributed by atoms with Crippen LogP contribution in [0.4, 0.5) is 0 Å². The lowest BCUT2D eigenvalue weighted by molar-refractivity contribution is 1.16. The summed E-state index contributed by atoms with van der Waals surface area (Å²) in [5.41, 5.74) is 10.9. The van der Waals surface area contributed by atoms with Crippen molar-refractivity contribution in [3.8, 4) is 11.3 Å². The van der Waals surface area contributed by atoms with Gasteiger partial charge in [-0.1, -0.05) is 12.1 Å². The molecule has 1 aliphatic rings. The molecule has 1 aliphatic carbocycles. The van der Waals surface area contributed by atoms with Crippen molar-refractivity contribution in [2.45, 2.75) is 34.1 Å². The molecule has 0 atom stereocenters. The Hall–Kier alpha value is -1.63. The molecule has 0 bridgehead atoms. The van der Waals surface area contributed by atoms with Crippen molar-refractivity contribution in [3.63, 3.8) is 0 Å². The Labute approximate surface area is 103 Å². The van der Waals surface area contributed by atoms with Crippen molar-refractivity contribution in [1.82, 2.24) is 4.98 Å². The fourth-order valence-electron chi connectivity index (χ4n) is 2.90. The zero-order chi connectivity index (χ0) is 12.2. The maximum absolute atomic E-state index is 4.63. The van der Waals surface area contributed by atoms with Gasteiger partial charge in [-0.3, -0.25) is 4.98 Å². The van der Waals surface area contributed by atoms with Gasteiger partial charge < -0.3 is 0 Å². The molecule has 0 aliphatic heterocycles. The van der Waals surface area contributed by atoms with Gasteiger partial charge in [-0.15, -0.1) is 0 Å². The van der Waals surface area contributed by atoms with Crippen LogP contribution in [0.1, 0.15) is 33.4 Å². The van der Waals surface area contributed by atoms with Crippen molar-refractivity contribution in [2.75, 3.05) is 0 Å². The van der Waals surface area contributed by atoms with Crippen molar-refractivity contribution >= 4 is 0 Å². The van der Waals surface area contributed by atoms with Crippen molar-refractivity contribution in [1.29, 1.82) is 0 Å². The summed E-state index contributed by atoms with van der Waals surface area (Å²) in [5, 5.41) is 0. The van der Waals surface area contributed by atoms with Gasteiger partial charge in [0.05, 0.1) is 5.69 Å². The van der Waals surface area contributed by atoms with E-state index in [2.05, 4.69) is 44.8 Å². The Morgan fingerprint density at radius 3 is 2.53 bits per heavy atom.